The highest BCUT2D eigenvalue weighted by Gasteiger charge is 2.29. The van der Waals surface area contributed by atoms with Crippen LogP contribution in [0.25, 0.3) is 0 Å². The molecule has 0 spiro atoms. The van der Waals surface area contributed by atoms with Crippen molar-refractivity contribution in [1.82, 2.24) is 0 Å². The van der Waals surface area contributed by atoms with Crippen LogP contribution in [0.4, 0.5) is 0 Å². The van der Waals surface area contributed by atoms with Gasteiger partial charge in [-0.15, -0.1) is 0 Å². The van der Waals surface area contributed by atoms with Gasteiger partial charge in [0.05, 0.1) is 12.0 Å². The van der Waals surface area contributed by atoms with Crippen LogP contribution in [0.2, 0.25) is 0 Å². The molecule has 0 radical (unpaired) electrons. The van der Waals surface area contributed by atoms with Crippen LogP contribution in [0.1, 0.15) is 28.4 Å². The first-order valence-electron chi connectivity index (χ1n) is 6.09. The smallest absolute Gasteiger partial charge is 0.170 e. The Balaban J connectivity index is 2.00. The van der Waals surface area contributed by atoms with Gasteiger partial charge in [0, 0.05) is 17.7 Å². The number of hydrogen-bond acceptors (Lipinski definition) is 5. The summed E-state index contributed by atoms with van der Waals surface area (Å²) in [6, 6.07) is 8.44. The maximum absolute atomic E-state index is 12.1. The Bertz CT molecular complexity index is 693. The molecule has 102 valence electrons. The summed E-state index contributed by atoms with van der Waals surface area (Å²) in [4.78, 5) is 12.1. The van der Waals surface area contributed by atoms with Crippen molar-refractivity contribution < 1.29 is 24.9 Å². The second kappa shape index (κ2) is 4.45. The largest absolute Gasteiger partial charge is 0.508 e. The maximum atomic E-state index is 12.1. The van der Waals surface area contributed by atoms with Crippen molar-refractivity contribution in [2.24, 2.45) is 0 Å². The lowest BCUT2D eigenvalue weighted by atomic mass is 9.95. The summed E-state index contributed by atoms with van der Waals surface area (Å²) in [6.45, 7) is 0. The summed E-state index contributed by atoms with van der Waals surface area (Å²) in [5.41, 5.74) is 0.836. The molecular formula is C15H12O5. The van der Waals surface area contributed by atoms with Crippen molar-refractivity contribution in [2.45, 2.75) is 12.5 Å². The molecule has 3 N–H and O–H groups in total. The predicted octanol–water partition coefficient (Wildman–Crippen LogP) is 2.51. The Morgan fingerprint density at radius 1 is 1.00 bits per heavy atom. The Hall–Kier alpha value is -2.69. The number of fused-ring (bicyclic) bond motifs is 1. The topological polar surface area (TPSA) is 87.0 Å². The van der Waals surface area contributed by atoms with E-state index in [-0.39, 0.29) is 29.5 Å². The molecule has 0 saturated heterocycles. The molecule has 0 saturated carbocycles. The van der Waals surface area contributed by atoms with Crippen LogP contribution >= 0.6 is 0 Å². The normalized spacial score (nSPS) is 17.4. The van der Waals surface area contributed by atoms with Crippen LogP contribution < -0.4 is 4.74 Å². The average Bonchev–Trinajstić information content (AvgIpc) is 2.37. The molecular weight excluding hydrogens is 260 g/mol. The zero-order valence-corrected chi connectivity index (χ0v) is 10.4. The van der Waals surface area contributed by atoms with Gasteiger partial charge in [-0.2, -0.15) is 0 Å². The van der Waals surface area contributed by atoms with Crippen molar-refractivity contribution in [3.63, 3.8) is 0 Å². The molecule has 20 heavy (non-hydrogen) atoms. The third-order valence-electron chi connectivity index (χ3n) is 3.27. The van der Waals surface area contributed by atoms with Gasteiger partial charge in [-0.3, -0.25) is 4.79 Å². The molecule has 5 nitrogen and oxygen atoms in total. The number of Topliss-reactive ketones (excluding diaryl/α,β-unsaturated/α-hetero) is 1. The van der Waals surface area contributed by atoms with Crippen molar-refractivity contribution in [3.05, 3.63) is 47.5 Å². The highest BCUT2D eigenvalue weighted by Crippen LogP contribution is 2.39. The summed E-state index contributed by atoms with van der Waals surface area (Å²) in [6.07, 6.45) is -0.548. The van der Waals surface area contributed by atoms with Gasteiger partial charge in [0.2, 0.25) is 0 Å². The molecule has 0 amide bonds. The average molecular weight is 272 g/mol. The van der Waals surface area contributed by atoms with Crippen LogP contribution in [0.5, 0.6) is 23.0 Å². The van der Waals surface area contributed by atoms with Gasteiger partial charge in [-0.05, 0) is 24.3 Å². The monoisotopic (exact) mass is 272 g/mol. The molecule has 1 atom stereocenters. The van der Waals surface area contributed by atoms with E-state index in [2.05, 4.69) is 0 Å². The predicted molar refractivity (Wildman–Crippen MR) is 70.2 cm³/mol. The molecule has 1 aliphatic heterocycles. The second-order valence-corrected chi connectivity index (χ2v) is 4.66. The minimum Gasteiger partial charge on any atom is -0.508 e. The van der Waals surface area contributed by atoms with E-state index in [1.807, 2.05) is 0 Å². The lowest BCUT2D eigenvalue weighted by molar-refractivity contribution is 0.0847. The molecule has 0 bridgehead atoms. The quantitative estimate of drug-likeness (QED) is 0.742. The highest BCUT2D eigenvalue weighted by molar-refractivity contribution is 6.00. The van der Waals surface area contributed by atoms with Gasteiger partial charge in [-0.25, -0.2) is 0 Å². The first-order chi connectivity index (χ1) is 9.54. The SMILES string of the molecule is O=C1C[C@@H](c2ccc(O)cc2O)Oc2cc(O)ccc21. The van der Waals surface area contributed by atoms with Crippen LogP contribution in [-0.2, 0) is 0 Å². The van der Waals surface area contributed by atoms with Crippen LogP contribution in [0.3, 0.4) is 0 Å². The third-order valence-corrected chi connectivity index (χ3v) is 3.27. The zero-order chi connectivity index (χ0) is 14.3. The van der Waals surface area contributed by atoms with E-state index >= 15 is 0 Å². The van der Waals surface area contributed by atoms with Crippen LogP contribution in [0, 0.1) is 0 Å². The Morgan fingerprint density at radius 2 is 1.70 bits per heavy atom. The van der Waals surface area contributed by atoms with Gasteiger partial charge in [0.15, 0.2) is 5.78 Å². The number of ether oxygens (including phenoxy) is 1. The molecule has 5 heteroatoms. The van der Waals surface area contributed by atoms with Gasteiger partial charge in [-0.1, -0.05) is 0 Å². The fraction of sp³-hybridized carbons (Fsp3) is 0.133. The standard InChI is InChI=1S/C15H12O5/c16-8-1-3-10(12(18)5-8)15-7-13(19)11-4-2-9(17)6-14(11)20-15/h1-6,15-18H,7H2/t15-/m0/s1. The number of hydrogen-bond donors (Lipinski definition) is 3. The van der Waals surface area contributed by atoms with E-state index < -0.39 is 6.10 Å². The van der Waals surface area contributed by atoms with E-state index in [0.29, 0.717) is 16.9 Å². The summed E-state index contributed by atoms with van der Waals surface area (Å²) in [7, 11) is 0. The summed E-state index contributed by atoms with van der Waals surface area (Å²) in [5, 5.41) is 28.6. The molecule has 3 rings (SSSR count). The van der Waals surface area contributed by atoms with E-state index in [1.54, 1.807) is 0 Å². The first kappa shape index (κ1) is 12.3. The molecule has 1 heterocycles. The van der Waals surface area contributed by atoms with Crippen LogP contribution in [-0.4, -0.2) is 21.1 Å². The maximum Gasteiger partial charge on any atom is 0.170 e. The molecule has 0 unspecified atom stereocenters. The Kier molecular flexibility index (Phi) is 2.75. The number of benzene rings is 2. The summed E-state index contributed by atoms with van der Waals surface area (Å²) < 4.78 is 5.67. The van der Waals surface area contributed by atoms with Crippen molar-refractivity contribution in [2.75, 3.05) is 0 Å². The van der Waals surface area contributed by atoms with Crippen molar-refractivity contribution in [3.8, 4) is 23.0 Å². The minimum atomic E-state index is -0.641. The van der Waals surface area contributed by atoms with Gasteiger partial charge < -0.3 is 20.1 Å². The second-order valence-electron chi connectivity index (χ2n) is 4.66. The summed E-state index contributed by atoms with van der Waals surface area (Å²) in [5.74, 6) is -0.0209. The number of carbonyl (C=O) groups is 1. The Labute approximate surface area is 114 Å². The number of aromatic hydroxyl groups is 3. The van der Waals surface area contributed by atoms with E-state index in [1.165, 1.54) is 36.4 Å². The molecule has 0 aromatic heterocycles. The first-order valence-corrected chi connectivity index (χ1v) is 6.09. The number of phenolic OH excluding ortho intramolecular Hbond substituents is 3. The molecule has 0 fully saturated rings. The third kappa shape index (κ3) is 2.03. The highest BCUT2D eigenvalue weighted by atomic mass is 16.5. The van der Waals surface area contributed by atoms with Gasteiger partial charge in [0.1, 0.15) is 29.1 Å². The lowest BCUT2D eigenvalue weighted by Crippen LogP contribution is -2.20. The number of phenols is 3. The van der Waals surface area contributed by atoms with Gasteiger partial charge in [0.25, 0.3) is 0 Å². The van der Waals surface area contributed by atoms with Crippen molar-refractivity contribution >= 4 is 5.78 Å². The molecule has 1 aliphatic rings. The van der Waals surface area contributed by atoms with Crippen molar-refractivity contribution in [1.29, 1.82) is 0 Å². The number of ketones is 1. The van der Waals surface area contributed by atoms with Gasteiger partial charge >= 0.3 is 0 Å². The fourth-order valence-electron chi connectivity index (χ4n) is 2.29. The zero-order valence-electron chi connectivity index (χ0n) is 10.4. The Morgan fingerprint density at radius 3 is 2.45 bits per heavy atom. The fourth-order valence-corrected chi connectivity index (χ4v) is 2.29. The molecule has 2 aromatic carbocycles. The molecule has 0 aliphatic carbocycles. The van der Waals surface area contributed by atoms with E-state index in [9.17, 15) is 20.1 Å². The molecule has 2 aromatic rings. The minimum absolute atomic E-state index is 0.00660. The van der Waals surface area contributed by atoms with E-state index in [0.717, 1.165) is 0 Å². The summed E-state index contributed by atoms with van der Waals surface area (Å²) >= 11 is 0. The lowest BCUT2D eigenvalue weighted by Gasteiger charge is -2.26. The van der Waals surface area contributed by atoms with Crippen LogP contribution in [0.15, 0.2) is 36.4 Å². The number of carbonyl (C=O) groups excluding carboxylic acids is 1. The van der Waals surface area contributed by atoms with E-state index in [4.69, 9.17) is 4.74 Å². The number of rotatable bonds is 1.